The first-order valence-corrected chi connectivity index (χ1v) is 14.5. The Kier molecular flexibility index (Phi) is 7.19. The van der Waals surface area contributed by atoms with Gasteiger partial charge in [-0.25, -0.2) is 31.6 Å². The van der Waals surface area contributed by atoms with Crippen LogP contribution in [0.2, 0.25) is 0 Å². The van der Waals surface area contributed by atoms with Crippen LogP contribution in [0, 0.1) is 6.92 Å². The highest BCUT2D eigenvalue weighted by Gasteiger charge is 2.34. The quantitative estimate of drug-likeness (QED) is 0.357. The molecule has 1 amide bonds. The van der Waals surface area contributed by atoms with E-state index in [2.05, 4.69) is 20.3 Å². The van der Waals surface area contributed by atoms with Crippen LogP contribution < -0.4 is 15.0 Å². The van der Waals surface area contributed by atoms with E-state index in [4.69, 9.17) is 9.47 Å². The van der Waals surface area contributed by atoms with Crippen molar-refractivity contribution in [2.24, 2.45) is 0 Å². The predicted molar refractivity (Wildman–Crippen MR) is 145 cm³/mol. The molecule has 5 heterocycles. The molecule has 0 fully saturated rings. The second kappa shape index (κ2) is 10.8. The van der Waals surface area contributed by atoms with Crippen molar-refractivity contribution >= 4 is 38.3 Å². The number of fused-ring (bicyclic) bond motifs is 3. The van der Waals surface area contributed by atoms with Crippen LogP contribution in [-0.4, -0.2) is 54.5 Å². The standard InChI is InChI=1S/C28H24F3N5O5S/c1-15-8-17(9-23-19(15)13-40-14-24(29)42(23,38)39)28(37)33-12-18-10-21-16(11-32-18)2-5-25(34-21)36-6-7-41-22-4-3-20(26(30)31)35-27(22)36/h2-5,8-11,24,26H,6-7,12-14H2,1H3,(H,33,37)/t24-/m1/s1. The average molecular weight is 600 g/mol. The maximum absolute atomic E-state index is 14.3. The number of amides is 1. The SMILES string of the molecule is Cc1cc(C(=O)NCc2cc3nc(N4CCOc5ccc(C(F)F)nc54)ccc3cn2)cc2c1COC[C@H](F)S2(=O)=O. The number of hydrogen-bond acceptors (Lipinski definition) is 9. The maximum atomic E-state index is 14.3. The van der Waals surface area contributed by atoms with Crippen molar-refractivity contribution in [3.63, 3.8) is 0 Å². The van der Waals surface area contributed by atoms with Gasteiger partial charge >= 0.3 is 0 Å². The van der Waals surface area contributed by atoms with Crippen molar-refractivity contribution < 1.29 is 35.9 Å². The first kappa shape index (κ1) is 27.8. The first-order valence-electron chi connectivity index (χ1n) is 12.9. The Morgan fingerprint density at radius 2 is 2.00 bits per heavy atom. The largest absolute Gasteiger partial charge is 0.488 e. The zero-order valence-corrected chi connectivity index (χ0v) is 23.0. The second-order valence-electron chi connectivity index (χ2n) is 9.82. The molecule has 10 nitrogen and oxygen atoms in total. The van der Waals surface area contributed by atoms with Crippen molar-refractivity contribution in [3.05, 3.63) is 76.7 Å². The van der Waals surface area contributed by atoms with E-state index in [1.807, 2.05) is 0 Å². The number of carbonyl (C=O) groups excluding carboxylic acids is 1. The Morgan fingerprint density at radius 1 is 1.17 bits per heavy atom. The van der Waals surface area contributed by atoms with Crippen LogP contribution in [-0.2, 0) is 27.7 Å². The zero-order chi connectivity index (χ0) is 29.6. The van der Waals surface area contributed by atoms with Crippen molar-refractivity contribution in [2.75, 3.05) is 24.7 Å². The van der Waals surface area contributed by atoms with Gasteiger partial charge in [-0.05, 0) is 60.5 Å². The Morgan fingerprint density at radius 3 is 2.81 bits per heavy atom. The molecule has 0 saturated heterocycles. The number of aryl methyl sites for hydroxylation is 1. The molecule has 42 heavy (non-hydrogen) atoms. The highest BCUT2D eigenvalue weighted by atomic mass is 32.2. The number of anilines is 2. The fourth-order valence-electron chi connectivity index (χ4n) is 4.86. The molecule has 218 valence electrons. The summed E-state index contributed by atoms with van der Waals surface area (Å²) in [7, 11) is -4.31. The molecule has 0 aliphatic carbocycles. The number of nitrogens with one attached hydrogen (secondary N) is 1. The van der Waals surface area contributed by atoms with Crippen molar-refractivity contribution in [2.45, 2.75) is 36.9 Å². The van der Waals surface area contributed by atoms with Crippen LogP contribution in [0.1, 0.15) is 39.3 Å². The summed E-state index contributed by atoms with van der Waals surface area (Å²) in [5, 5.41) is 3.43. The lowest BCUT2D eigenvalue weighted by atomic mass is 10.0. The molecular formula is C28H24F3N5O5S. The number of benzene rings is 1. The number of alkyl halides is 3. The average Bonchev–Trinajstić information content (AvgIpc) is 3.10. The lowest BCUT2D eigenvalue weighted by molar-refractivity contribution is 0.0946. The summed E-state index contributed by atoms with van der Waals surface area (Å²) in [5.41, 5.74) is -0.685. The minimum atomic E-state index is -4.31. The molecule has 1 atom stereocenters. The van der Waals surface area contributed by atoms with Crippen LogP contribution in [0.4, 0.5) is 24.8 Å². The molecule has 3 aromatic heterocycles. The topological polar surface area (TPSA) is 124 Å². The van der Waals surface area contributed by atoms with Crippen LogP contribution in [0.5, 0.6) is 5.75 Å². The van der Waals surface area contributed by atoms with E-state index in [-0.39, 0.29) is 35.1 Å². The Balaban J connectivity index is 1.24. The zero-order valence-electron chi connectivity index (χ0n) is 22.2. The number of ether oxygens (including phenoxy) is 2. The number of carbonyl (C=O) groups is 1. The maximum Gasteiger partial charge on any atom is 0.280 e. The molecular weight excluding hydrogens is 575 g/mol. The van der Waals surface area contributed by atoms with Gasteiger partial charge in [0.1, 0.15) is 18.1 Å². The lowest BCUT2D eigenvalue weighted by Crippen LogP contribution is -2.30. The normalized spacial score (nSPS) is 17.7. The number of sulfone groups is 1. The van der Waals surface area contributed by atoms with E-state index in [1.165, 1.54) is 24.3 Å². The molecule has 1 aromatic carbocycles. The number of nitrogens with zero attached hydrogens (tertiary/aromatic N) is 4. The molecule has 2 aliphatic rings. The molecule has 0 radical (unpaired) electrons. The first-order chi connectivity index (χ1) is 20.1. The minimum Gasteiger partial charge on any atom is -0.488 e. The van der Waals surface area contributed by atoms with Crippen LogP contribution >= 0.6 is 0 Å². The minimum absolute atomic E-state index is 0.00188. The van der Waals surface area contributed by atoms with Crippen molar-refractivity contribution in [1.82, 2.24) is 20.3 Å². The Hall–Kier alpha value is -4.30. The Labute approximate surface area is 238 Å². The molecule has 14 heteroatoms. The molecule has 6 rings (SSSR count). The summed E-state index contributed by atoms with van der Waals surface area (Å²) in [6, 6.07) is 10.6. The summed E-state index contributed by atoms with van der Waals surface area (Å²) >= 11 is 0. The molecule has 1 N–H and O–H groups in total. The number of pyridine rings is 3. The smallest absolute Gasteiger partial charge is 0.280 e. The number of halogens is 3. The lowest BCUT2D eigenvalue weighted by Gasteiger charge is -2.29. The number of hydrogen-bond donors (Lipinski definition) is 1. The molecule has 0 saturated carbocycles. The second-order valence-corrected chi connectivity index (χ2v) is 11.9. The third kappa shape index (κ3) is 5.11. The molecule has 0 unspecified atom stereocenters. The monoisotopic (exact) mass is 599 g/mol. The fraction of sp³-hybridized carbons (Fsp3) is 0.286. The summed E-state index contributed by atoms with van der Waals surface area (Å²) in [4.78, 5) is 27.6. The molecule has 2 aliphatic heterocycles. The van der Waals surface area contributed by atoms with Gasteiger partial charge in [0, 0.05) is 17.1 Å². The van der Waals surface area contributed by atoms with Gasteiger partial charge in [-0.1, -0.05) is 0 Å². The van der Waals surface area contributed by atoms with E-state index in [1.54, 1.807) is 36.2 Å². The number of rotatable bonds is 5. The third-order valence-corrected chi connectivity index (χ3v) is 8.85. The van der Waals surface area contributed by atoms with E-state index >= 15 is 0 Å². The van der Waals surface area contributed by atoms with Gasteiger partial charge in [-0.15, -0.1) is 0 Å². The van der Waals surface area contributed by atoms with Gasteiger partial charge in [0.2, 0.25) is 15.3 Å². The van der Waals surface area contributed by atoms with E-state index in [9.17, 15) is 26.4 Å². The van der Waals surface area contributed by atoms with Gasteiger partial charge in [-0.3, -0.25) is 9.78 Å². The van der Waals surface area contributed by atoms with E-state index in [0.29, 0.717) is 52.4 Å². The summed E-state index contributed by atoms with van der Waals surface area (Å²) in [6.07, 6.45) is -1.14. The summed E-state index contributed by atoms with van der Waals surface area (Å²) < 4.78 is 76.9. The summed E-state index contributed by atoms with van der Waals surface area (Å²) in [5.74, 6) is 0.535. The Bertz CT molecular complexity index is 1820. The van der Waals surface area contributed by atoms with Gasteiger partial charge in [0.05, 0.1) is 42.4 Å². The fourth-order valence-corrected chi connectivity index (χ4v) is 6.26. The molecule has 0 spiro atoms. The predicted octanol–water partition coefficient (Wildman–Crippen LogP) is 4.33. The summed E-state index contributed by atoms with van der Waals surface area (Å²) in [6.45, 7) is 1.66. The van der Waals surface area contributed by atoms with Gasteiger partial charge < -0.3 is 19.7 Å². The molecule has 0 bridgehead atoms. The van der Waals surface area contributed by atoms with Crippen LogP contribution in [0.25, 0.3) is 10.9 Å². The molecule has 4 aromatic rings. The van der Waals surface area contributed by atoms with Gasteiger partial charge in [0.25, 0.3) is 12.3 Å². The highest BCUT2D eigenvalue weighted by molar-refractivity contribution is 7.92. The van der Waals surface area contributed by atoms with Crippen LogP contribution in [0.15, 0.2) is 53.6 Å². The van der Waals surface area contributed by atoms with E-state index in [0.717, 1.165) is 0 Å². The highest BCUT2D eigenvalue weighted by Crippen LogP contribution is 2.36. The third-order valence-electron chi connectivity index (χ3n) is 7.07. The van der Waals surface area contributed by atoms with E-state index < -0.39 is 34.3 Å². The van der Waals surface area contributed by atoms with Crippen molar-refractivity contribution in [3.8, 4) is 5.75 Å². The van der Waals surface area contributed by atoms with Crippen molar-refractivity contribution in [1.29, 1.82) is 0 Å². The van der Waals surface area contributed by atoms with Gasteiger partial charge in [0.15, 0.2) is 11.6 Å². The van der Waals surface area contributed by atoms with Gasteiger partial charge in [-0.2, -0.15) is 0 Å². The number of aromatic nitrogens is 3. The van der Waals surface area contributed by atoms with Crippen LogP contribution in [0.3, 0.4) is 0 Å².